The maximum atomic E-state index is 13.8. The lowest BCUT2D eigenvalue weighted by Crippen LogP contribution is -2.60. The summed E-state index contributed by atoms with van der Waals surface area (Å²) in [5.74, 6) is -2.80. The lowest BCUT2D eigenvalue weighted by Gasteiger charge is -2.42. The Morgan fingerprint density at radius 3 is 1.97 bits per heavy atom. The van der Waals surface area contributed by atoms with Crippen molar-refractivity contribution < 1.29 is 34.1 Å². The molecule has 2 rings (SSSR count). The van der Waals surface area contributed by atoms with E-state index < -0.39 is 47.2 Å². The minimum atomic E-state index is -1.50. The smallest absolute Gasteiger partial charge is 0.410 e. The van der Waals surface area contributed by atoms with Crippen LogP contribution in [0.25, 0.3) is 0 Å². The van der Waals surface area contributed by atoms with Crippen LogP contribution in [0.3, 0.4) is 0 Å². The first-order valence-electron chi connectivity index (χ1n) is 12.2. The molecule has 3 unspecified atom stereocenters. The number of piperidine rings is 1. The maximum Gasteiger partial charge on any atom is 0.410 e. The second kappa shape index (κ2) is 11.7. The van der Waals surface area contributed by atoms with Gasteiger partial charge in [-0.05, 0) is 52.0 Å². The Kier molecular flexibility index (Phi) is 9.48. The van der Waals surface area contributed by atoms with E-state index >= 15 is 0 Å². The number of aliphatic hydroxyl groups is 1. The number of carbonyl (C=O) groups excluding carboxylic acids is 3. The van der Waals surface area contributed by atoms with Crippen LogP contribution in [0.4, 0.5) is 4.79 Å². The predicted molar refractivity (Wildman–Crippen MR) is 133 cm³/mol. The Labute approximate surface area is 212 Å². The van der Waals surface area contributed by atoms with Crippen LogP contribution in [-0.4, -0.2) is 75.9 Å². The summed E-state index contributed by atoms with van der Waals surface area (Å²) in [6.07, 6.45) is -1.12. The van der Waals surface area contributed by atoms with Gasteiger partial charge in [0.1, 0.15) is 11.6 Å². The van der Waals surface area contributed by atoms with Crippen molar-refractivity contribution in [2.75, 3.05) is 13.1 Å². The van der Waals surface area contributed by atoms with Gasteiger partial charge in [-0.1, -0.05) is 44.2 Å². The number of aliphatic carboxylic acids is 1. The quantitative estimate of drug-likeness (QED) is 0.423. The molecule has 3 atom stereocenters. The minimum absolute atomic E-state index is 0.291. The van der Waals surface area contributed by atoms with E-state index in [0.717, 1.165) is 5.56 Å². The van der Waals surface area contributed by atoms with E-state index in [1.807, 2.05) is 30.3 Å². The molecule has 10 nitrogen and oxygen atoms in total. The SMILES string of the molecule is CC(C)C(NC(=O)C1(c2ccccc2)CCN(C(=O)OC(C)(C)C)CC1)C(=O)NC(C(=O)O)C(C)O. The number of rotatable bonds is 8. The van der Waals surface area contributed by atoms with E-state index in [4.69, 9.17) is 4.74 Å². The number of hydrogen-bond donors (Lipinski definition) is 4. The lowest BCUT2D eigenvalue weighted by molar-refractivity contribution is -0.145. The first-order chi connectivity index (χ1) is 16.7. The van der Waals surface area contributed by atoms with Gasteiger partial charge in [0.25, 0.3) is 0 Å². The average molecular weight is 506 g/mol. The minimum Gasteiger partial charge on any atom is -0.480 e. The average Bonchev–Trinajstić information content (AvgIpc) is 2.79. The first kappa shape index (κ1) is 29.1. The molecule has 1 aliphatic rings. The Hall–Kier alpha value is -3.14. The molecule has 0 radical (unpaired) electrons. The number of likely N-dealkylation sites (tertiary alicyclic amines) is 1. The van der Waals surface area contributed by atoms with Gasteiger partial charge in [-0.2, -0.15) is 0 Å². The standard InChI is InChI=1S/C26H39N3O7/c1-16(2)19(21(31)27-20(17(3)30)22(32)33)28-23(34)26(18-10-8-7-9-11-18)12-14-29(15-13-26)24(35)36-25(4,5)6/h7-11,16-17,19-20,30H,12-15H2,1-6H3,(H,27,31)(H,28,34)(H,32,33). The maximum absolute atomic E-state index is 13.8. The molecule has 0 saturated carbocycles. The molecule has 1 aromatic carbocycles. The number of carboxylic acid groups (broad SMARTS) is 1. The van der Waals surface area contributed by atoms with Crippen LogP contribution in [0.2, 0.25) is 0 Å². The highest BCUT2D eigenvalue weighted by atomic mass is 16.6. The fourth-order valence-corrected chi connectivity index (χ4v) is 4.25. The number of carboxylic acids is 1. The highest BCUT2D eigenvalue weighted by Gasteiger charge is 2.45. The molecule has 0 bridgehead atoms. The van der Waals surface area contributed by atoms with E-state index in [-0.39, 0.29) is 11.8 Å². The third kappa shape index (κ3) is 7.19. The molecule has 0 aliphatic carbocycles. The normalized spacial score (nSPS) is 18.1. The molecule has 0 spiro atoms. The van der Waals surface area contributed by atoms with E-state index in [9.17, 15) is 29.4 Å². The molecular weight excluding hydrogens is 466 g/mol. The molecule has 1 saturated heterocycles. The van der Waals surface area contributed by atoms with Crippen LogP contribution in [0.15, 0.2) is 30.3 Å². The van der Waals surface area contributed by atoms with Gasteiger partial charge >= 0.3 is 12.1 Å². The summed E-state index contributed by atoms with van der Waals surface area (Å²) in [7, 11) is 0. The van der Waals surface area contributed by atoms with Crippen molar-refractivity contribution in [2.45, 2.75) is 83.6 Å². The highest BCUT2D eigenvalue weighted by molar-refractivity contribution is 5.94. The Balaban J connectivity index is 2.28. The summed E-state index contributed by atoms with van der Waals surface area (Å²) < 4.78 is 5.48. The van der Waals surface area contributed by atoms with Gasteiger partial charge in [-0.25, -0.2) is 9.59 Å². The summed E-state index contributed by atoms with van der Waals surface area (Å²) in [4.78, 5) is 52.4. The number of amides is 3. The molecule has 0 aromatic heterocycles. The monoisotopic (exact) mass is 505 g/mol. The van der Waals surface area contributed by atoms with E-state index in [1.165, 1.54) is 6.92 Å². The van der Waals surface area contributed by atoms with E-state index in [0.29, 0.717) is 25.9 Å². The van der Waals surface area contributed by atoms with Gasteiger partial charge in [0.2, 0.25) is 11.8 Å². The molecule has 1 aliphatic heterocycles. The second-order valence-electron chi connectivity index (χ2n) is 10.7. The summed E-state index contributed by atoms with van der Waals surface area (Å²) >= 11 is 0. The number of ether oxygens (including phenoxy) is 1. The Morgan fingerprint density at radius 2 is 1.53 bits per heavy atom. The molecule has 10 heteroatoms. The van der Waals surface area contributed by atoms with Crippen molar-refractivity contribution in [3.63, 3.8) is 0 Å². The predicted octanol–water partition coefficient (Wildman–Crippen LogP) is 2.05. The van der Waals surface area contributed by atoms with Crippen LogP contribution in [0.1, 0.15) is 59.9 Å². The molecule has 200 valence electrons. The number of benzene rings is 1. The lowest BCUT2D eigenvalue weighted by atomic mass is 9.71. The van der Waals surface area contributed by atoms with Gasteiger partial charge in [0.15, 0.2) is 6.04 Å². The third-order valence-corrected chi connectivity index (χ3v) is 6.31. The summed E-state index contributed by atoms with van der Waals surface area (Å²) in [5.41, 5.74) is -0.870. The van der Waals surface area contributed by atoms with Crippen molar-refractivity contribution in [3.05, 3.63) is 35.9 Å². The molecule has 1 fully saturated rings. The Morgan fingerprint density at radius 1 is 0.972 bits per heavy atom. The van der Waals surface area contributed by atoms with Gasteiger partial charge in [-0.3, -0.25) is 9.59 Å². The topological polar surface area (TPSA) is 145 Å². The first-order valence-corrected chi connectivity index (χ1v) is 12.2. The summed E-state index contributed by atoms with van der Waals surface area (Å²) in [6.45, 7) is 10.7. The van der Waals surface area contributed by atoms with E-state index in [2.05, 4.69) is 10.6 Å². The molecule has 36 heavy (non-hydrogen) atoms. The summed E-state index contributed by atoms with van der Waals surface area (Å²) in [5, 5.41) is 24.2. The molecular formula is C26H39N3O7. The molecule has 3 amide bonds. The zero-order valence-electron chi connectivity index (χ0n) is 21.9. The molecule has 4 N–H and O–H groups in total. The van der Waals surface area contributed by atoms with Crippen molar-refractivity contribution in [3.8, 4) is 0 Å². The number of hydrogen-bond acceptors (Lipinski definition) is 6. The molecule has 1 heterocycles. The van der Waals surface area contributed by atoms with Gasteiger partial charge in [0, 0.05) is 13.1 Å². The summed E-state index contributed by atoms with van der Waals surface area (Å²) in [6, 6.07) is 6.67. The zero-order chi connectivity index (χ0) is 27.3. The number of nitrogens with zero attached hydrogens (tertiary/aromatic N) is 1. The van der Waals surface area contributed by atoms with Crippen LogP contribution in [0.5, 0.6) is 0 Å². The second-order valence-corrected chi connectivity index (χ2v) is 10.7. The van der Waals surface area contributed by atoms with Gasteiger partial charge < -0.3 is 30.5 Å². The zero-order valence-corrected chi connectivity index (χ0v) is 21.9. The van der Waals surface area contributed by atoms with Crippen molar-refractivity contribution in [1.82, 2.24) is 15.5 Å². The van der Waals surface area contributed by atoms with Crippen molar-refractivity contribution >= 4 is 23.9 Å². The van der Waals surface area contributed by atoms with E-state index in [1.54, 1.807) is 39.5 Å². The van der Waals surface area contributed by atoms with Gasteiger partial charge in [0.05, 0.1) is 11.5 Å². The van der Waals surface area contributed by atoms with Crippen LogP contribution in [-0.2, 0) is 24.5 Å². The number of carbonyl (C=O) groups is 4. The highest BCUT2D eigenvalue weighted by Crippen LogP contribution is 2.36. The molecule has 1 aromatic rings. The largest absolute Gasteiger partial charge is 0.480 e. The fraction of sp³-hybridized carbons (Fsp3) is 0.615. The number of aliphatic hydroxyl groups excluding tert-OH is 1. The van der Waals surface area contributed by atoms with Crippen molar-refractivity contribution in [2.24, 2.45) is 5.92 Å². The fourth-order valence-electron chi connectivity index (χ4n) is 4.25. The van der Waals surface area contributed by atoms with Crippen molar-refractivity contribution in [1.29, 1.82) is 0 Å². The van der Waals surface area contributed by atoms with Gasteiger partial charge in [-0.15, -0.1) is 0 Å². The number of nitrogens with one attached hydrogen (secondary N) is 2. The third-order valence-electron chi connectivity index (χ3n) is 6.31. The van der Waals surface area contributed by atoms with Crippen LogP contribution >= 0.6 is 0 Å². The Bertz CT molecular complexity index is 933. The van der Waals surface area contributed by atoms with Crippen LogP contribution < -0.4 is 10.6 Å². The van der Waals surface area contributed by atoms with Crippen LogP contribution in [0, 0.1) is 5.92 Å².